The van der Waals surface area contributed by atoms with Crippen LogP contribution >= 0.6 is 0 Å². The number of unbranched alkanes of at least 4 members (excludes halogenated alkanes) is 35. The molecule has 0 aromatic carbocycles. The van der Waals surface area contributed by atoms with Gasteiger partial charge in [0.05, 0.1) is 0 Å². The number of hydrogen-bond acceptors (Lipinski definition) is 0. The number of rotatable bonds is 80. The maximum absolute atomic E-state index is 2.53. The van der Waals surface area contributed by atoms with E-state index in [1.807, 2.05) is 0 Å². The summed E-state index contributed by atoms with van der Waals surface area (Å²) in [5, 5.41) is 0. The topological polar surface area (TPSA) is 0 Å². The summed E-state index contributed by atoms with van der Waals surface area (Å²) in [5.41, 5.74) is 0. The van der Waals surface area contributed by atoms with Gasteiger partial charge in [0.25, 0.3) is 0 Å². The average Bonchev–Trinajstić information content (AvgIpc) is 1.10. The van der Waals surface area contributed by atoms with Crippen molar-refractivity contribution in [1.82, 2.24) is 0 Å². The Balaban J connectivity index is -0.000000301. The first-order valence-electron chi connectivity index (χ1n) is 53.5. The SMILES string of the molecule is CCCCCC(CCCCC)CCC(C)C.CCCCCCC(/C=C\CC(C)C)CCCCCC.CCCCCCC(C/C=C\CC(C)C)CCCCCC.CCCCCCC(CCCCCC)CCC(C)C.CCCCCCC(CCCCCC)CCCC(C)C.CCCCCCC(CCCCCC)CCCCC(C)C. The average molecular weight is 1580 g/mol. The third-order valence-electron chi connectivity index (χ3n) is 24.6. The lowest BCUT2D eigenvalue weighted by atomic mass is 9.88. The van der Waals surface area contributed by atoms with Gasteiger partial charge in [-0.2, -0.15) is 0 Å². The van der Waals surface area contributed by atoms with Crippen LogP contribution in [-0.4, -0.2) is 0 Å². The lowest BCUT2D eigenvalue weighted by molar-refractivity contribution is 0.353. The molecule has 0 spiro atoms. The molecular formula is C112H232. The minimum atomic E-state index is 0.803. The highest BCUT2D eigenvalue weighted by atomic mass is 14.2. The van der Waals surface area contributed by atoms with Gasteiger partial charge in [-0.05, 0) is 103 Å². The van der Waals surface area contributed by atoms with E-state index in [-0.39, 0.29) is 0 Å². The fraction of sp³-hybridized carbons (Fsp3) is 0.964. The van der Waals surface area contributed by atoms with Gasteiger partial charge in [0, 0.05) is 0 Å². The second kappa shape index (κ2) is 107. The molecule has 0 atom stereocenters. The van der Waals surface area contributed by atoms with Crippen LogP contribution in [0.4, 0.5) is 0 Å². The molecular weight excluding hydrogens is 1350 g/mol. The predicted molar refractivity (Wildman–Crippen MR) is 529 cm³/mol. The van der Waals surface area contributed by atoms with Crippen LogP contribution in [0.15, 0.2) is 24.3 Å². The molecule has 112 heavy (non-hydrogen) atoms. The maximum Gasteiger partial charge on any atom is -0.0234 e. The first-order valence-corrected chi connectivity index (χ1v) is 53.5. The Morgan fingerprint density at radius 2 is 0.312 bits per heavy atom. The molecule has 0 radical (unpaired) electrons. The summed E-state index contributed by atoms with van der Waals surface area (Å²) in [6, 6.07) is 0. The van der Waals surface area contributed by atoms with Crippen LogP contribution in [0.25, 0.3) is 0 Å². The minimum absolute atomic E-state index is 0.803. The molecule has 0 N–H and O–H groups in total. The molecule has 680 valence electrons. The molecule has 0 saturated heterocycles. The smallest absolute Gasteiger partial charge is 0.0234 e. The third-order valence-corrected chi connectivity index (χ3v) is 24.6. The number of hydrogen-bond donors (Lipinski definition) is 0. The molecule has 0 unspecified atom stereocenters. The van der Waals surface area contributed by atoms with E-state index in [9.17, 15) is 0 Å². The standard InChI is InChI=1S/C20H42.C20H40.C19H40.C19H38.C18H38.C16H34/c2*1-5-7-9-11-16-20(17-12-10-8-6-2)18-14-13-15-19(3)4;2*1-5-7-9-11-15-19(16-12-10-8-6-2)17-13-14-18(3)4;1-5-7-9-11-13-18(16-15-17(3)4)14-12-10-8-6-2;1-5-7-9-11-16(12-10-8-6-2)14-13-15(3)4/h19-20H,5-18H2,1-4H3;13-14,19-20H,5-12,15-18H2,1-4H3;18-19H,5-17H2,1-4H3;13,17-19H,5-12,14-16H2,1-4H3;17-18H,5-16H2,1-4H3;15-16H,5-14H2,1-4H3/b;14-13-;;17-13-;;. The van der Waals surface area contributed by atoms with Gasteiger partial charge in [0.2, 0.25) is 0 Å². The quantitative estimate of drug-likeness (QED) is 0.0421. The minimum Gasteiger partial charge on any atom is -0.0883 e. The van der Waals surface area contributed by atoms with Crippen molar-refractivity contribution in [2.75, 3.05) is 0 Å². The zero-order chi connectivity index (χ0) is 84.7. The Morgan fingerprint density at radius 1 is 0.134 bits per heavy atom. The fourth-order valence-electron chi connectivity index (χ4n) is 16.5. The molecule has 0 aliphatic rings. The monoisotopic (exact) mass is 1580 g/mol. The predicted octanol–water partition coefficient (Wildman–Crippen LogP) is 43.0. The molecule has 0 heterocycles. The van der Waals surface area contributed by atoms with Crippen molar-refractivity contribution in [1.29, 1.82) is 0 Å². The summed E-state index contributed by atoms with van der Waals surface area (Å²) < 4.78 is 0. The van der Waals surface area contributed by atoms with Crippen LogP contribution in [0.2, 0.25) is 0 Å². The van der Waals surface area contributed by atoms with E-state index in [2.05, 4.69) is 190 Å². The van der Waals surface area contributed by atoms with Gasteiger partial charge >= 0.3 is 0 Å². The van der Waals surface area contributed by atoms with Crippen LogP contribution in [0.3, 0.4) is 0 Å². The number of allylic oxidation sites excluding steroid dienone is 4. The maximum atomic E-state index is 2.53. The van der Waals surface area contributed by atoms with Crippen molar-refractivity contribution < 1.29 is 0 Å². The first-order chi connectivity index (χ1) is 54.2. The van der Waals surface area contributed by atoms with Crippen molar-refractivity contribution in [2.24, 2.45) is 71.0 Å². The van der Waals surface area contributed by atoms with E-state index in [4.69, 9.17) is 0 Å². The van der Waals surface area contributed by atoms with Crippen molar-refractivity contribution in [3.63, 3.8) is 0 Å². The summed E-state index contributed by atoms with van der Waals surface area (Å²) in [6.07, 6.45) is 113. The summed E-state index contributed by atoms with van der Waals surface area (Å²) in [7, 11) is 0. The Morgan fingerprint density at radius 3 is 0.562 bits per heavy atom. The normalized spacial score (nSPS) is 11.8. The van der Waals surface area contributed by atoms with E-state index in [0.717, 1.165) is 71.0 Å². The van der Waals surface area contributed by atoms with E-state index in [0.29, 0.717) is 0 Å². The molecule has 0 aliphatic carbocycles. The molecule has 0 amide bonds. The van der Waals surface area contributed by atoms with Crippen molar-refractivity contribution in [2.45, 2.75) is 628 Å². The Bertz CT molecular complexity index is 1530. The van der Waals surface area contributed by atoms with Crippen LogP contribution in [0.1, 0.15) is 628 Å². The van der Waals surface area contributed by atoms with E-state index < -0.39 is 0 Å². The summed E-state index contributed by atoms with van der Waals surface area (Å²) in [4.78, 5) is 0. The first kappa shape index (κ1) is 122. The largest absolute Gasteiger partial charge is 0.0883 e. The van der Waals surface area contributed by atoms with Crippen LogP contribution in [0, 0.1) is 71.0 Å². The van der Waals surface area contributed by atoms with Crippen LogP contribution in [-0.2, 0) is 0 Å². The highest BCUT2D eigenvalue weighted by Gasteiger charge is 2.15. The second-order valence-corrected chi connectivity index (χ2v) is 39.9. The van der Waals surface area contributed by atoms with Crippen molar-refractivity contribution >= 4 is 0 Å². The highest BCUT2D eigenvalue weighted by Crippen LogP contribution is 2.30. The Labute approximate surface area is 719 Å². The molecule has 0 nitrogen and oxygen atoms in total. The van der Waals surface area contributed by atoms with Crippen molar-refractivity contribution in [3.8, 4) is 0 Å². The summed E-state index contributed by atoms with van der Waals surface area (Å²) in [6.45, 7) is 55.8. The molecule has 0 saturated carbocycles. The van der Waals surface area contributed by atoms with E-state index in [1.165, 1.54) is 462 Å². The van der Waals surface area contributed by atoms with Gasteiger partial charge in [-0.25, -0.2) is 0 Å². The fourth-order valence-corrected chi connectivity index (χ4v) is 16.5. The zero-order valence-corrected chi connectivity index (χ0v) is 84.1. The highest BCUT2D eigenvalue weighted by molar-refractivity contribution is 4.89. The lowest BCUT2D eigenvalue weighted by Gasteiger charge is -2.18. The second-order valence-electron chi connectivity index (χ2n) is 39.9. The van der Waals surface area contributed by atoms with Gasteiger partial charge in [-0.3, -0.25) is 0 Å². The summed E-state index contributed by atoms with van der Waals surface area (Å²) in [5.74, 6) is 11.1. The van der Waals surface area contributed by atoms with Crippen molar-refractivity contribution in [3.05, 3.63) is 24.3 Å². The molecule has 0 aliphatic heterocycles. The molecule has 0 heteroatoms. The molecule has 0 bridgehead atoms. The van der Waals surface area contributed by atoms with Gasteiger partial charge in [0.1, 0.15) is 0 Å². The van der Waals surface area contributed by atoms with Crippen LogP contribution in [0.5, 0.6) is 0 Å². The molecule has 0 fully saturated rings. The molecule has 0 aromatic heterocycles. The van der Waals surface area contributed by atoms with Gasteiger partial charge in [0.15, 0.2) is 0 Å². The van der Waals surface area contributed by atoms with E-state index in [1.54, 1.807) is 0 Å². The summed E-state index contributed by atoms with van der Waals surface area (Å²) >= 11 is 0. The Kier molecular flexibility index (Phi) is 116. The third kappa shape index (κ3) is 116. The van der Waals surface area contributed by atoms with Gasteiger partial charge in [-0.15, -0.1) is 0 Å². The lowest BCUT2D eigenvalue weighted by Crippen LogP contribution is -2.03. The Hall–Kier alpha value is -0.520. The zero-order valence-electron chi connectivity index (χ0n) is 84.1. The molecule has 0 aromatic rings. The van der Waals surface area contributed by atoms with Crippen LogP contribution < -0.4 is 0 Å². The van der Waals surface area contributed by atoms with Gasteiger partial charge in [-0.1, -0.05) is 621 Å². The van der Waals surface area contributed by atoms with Gasteiger partial charge < -0.3 is 0 Å². The molecule has 0 rings (SSSR count). The van der Waals surface area contributed by atoms with E-state index >= 15 is 0 Å².